The summed E-state index contributed by atoms with van der Waals surface area (Å²) in [6.45, 7) is 4.13. The van der Waals surface area contributed by atoms with Gasteiger partial charge in [-0.25, -0.2) is 4.68 Å². The van der Waals surface area contributed by atoms with E-state index in [2.05, 4.69) is 5.10 Å². The smallest absolute Gasteiger partial charge is 0.274 e. The van der Waals surface area contributed by atoms with Gasteiger partial charge in [-0.3, -0.25) is 4.79 Å². The second-order valence-corrected chi connectivity index (χ2v) is 7.53. The Hall–Kier alpha value is -3.44. The molecule has 5 heteroatoms. The third-order valence-corrected chi connectivity index (χ3v) is 5.01. The molecule has 0 aliphatic rings. The first-order valence-corrected chi connectivity index (χ1v) is 9.96. The van der Waals surface area contributed by atoms with Crippen LogP contribution in [0.15, 0.2) is 77.6 Å². The van der Waals surface area contributed by atoms with E-state index in [-0.39, 0.29) is 18.7 Å². The number of nitrogens with zero attached hydrogens (tertiary/aromatic N) is 2. The van der Waals surface area contributed by atoms with Crippen molar-refractivity contribution in [1.82, 2.24) is 9.78 Å². The number of hydrogen-bond acceptors (Lipinski definition) is 4. The summed E-state index contributed by atoms with van der Waals surface area (Å²) in [5.74, 6) is 0.688. The summed E-state index contributed by atoms with van der Waals surface area (Å²) < 4.78 is 7.02. The molecule has 5 nitrogen and oxygen atoms in total. The van der Waals surface area contributed by atoms with Gasteiger partial charge in [-0.05, 0) is 37.6 Å². The zero-order valence-corrected chi connectivity index (χ0v) is 17.1. The van der Waals surface area contributed by atoms with Gasteiger partial charge in [0, 0.05) is 10.9 Å². The molecule has 0 aliphatic carbocycles. The third kappa shape index (κ3) is 4.26. The molecule has 3 aromatic carbocycles. The molecule has 1 unspecified atom stereocenters. The van der Waals surface area contributed by atoms with Gasteiger partial charge >= 0.3 is 0 Å². The maximum atomic E-state index is 13.0. The predicted molar refractivity (Wildman–Crippen MR) is 119 cm³/mol. The summed E-state index contributed by atoms with van der Waals surface area (Å²) in [5.41, 5.74) is 3.65. The SMILES string of the molecule is Cc1ccc(-c2nn(CC(O)COc3cccc(C)c3)c(=O)c3ccccc23)cc1. The first-order chi connectivity index (χ1) is 14.5. The summed E-state index contributed by atoms with van der Waals surface area (Å²) in [6.07, 6.45) is -0.872. The largest absolute Gasteiger partial charge is 0.491 e. The van der Waals surface area contributed by atoms with Gasteiger partial charge in [0.25, 0.3) is 5.56 Å². The van der Waals surface area contributed by atoms with Crippen LogP contribution in [0, 0.1) is 13.8 Å². The summed E-state index contributed by atoms with van der Waals surface area (Å²) >= 11 is 0. The Labute approximate surface area is 175 Å². The van der Waals surface area contributed by atoms with Crippen molar-refractivity contribution in [2.24, 2.45) is 0 Å². The molecule has 0 bridgehead atoms. The normalized spacial score (nSPS) is 12.1. The molecule has 30 heavy (non-hydrogen) atoms. The van der Waals surface area contributed by atoms with Crippen molar-refractivity contribution in [2.75, 3.05) is 6.61 Å². The van der Waals surface area contributed by atoms with Gasteiger partial charge in [-0.1, -0.05) is 60.2 Å². The van der Waals surface area contributed by atoms with Crippen molar-refractivity contribution in [1.29, 1.82) is 0 Å². The van der Waals surface area contributed by atoms with E-state index < -0.39 is 6.10 Å². The summed E-state index contributed by atoms with van der Waals surface area (Å²) in [7, 11) is 0. The number of aliphatic hydroxyl groups excluding tert-OH is 1. The van der Waals surface area contributed by atoms with E-state index in [4.69, 9.17) is 4.74 Å². The zero-order valence-electron chi connectivity index (χ0n) is 17.1. The fraction of sp³-hybridized carbons (Fsp3) is 0.200. The van der Waals surface area contributed by atoms with Gasteiger partial charge in [0.05, 0.1) is 17.6 Å². The second kappa shape index (κ2) is 8.51. The molecule has 1 atom stereocenters. The summed E-state index contributed by atoms with van der Waals surface area (Å²) in [6, 6.07) is 23.1. The molecule has 0 fully saturated rings. The number of benzene rings is 3. The van der Waals surface area contributed by atoms with E-state index >= 15 is 0 Å². The highest BCUT2D eigenvalue weighted by atomic mass is 16.5. The number of rotatable bonds is 6. The molecule has 0 saturated carbocycles. The first-order valence-electron chi connectivity index (χ1n) is 9.96. The fourth-order valence-corrected chi connectivity index (χ4v) is 3.43. The van der Waals surface area contributed by atoms with Gasteiger partial charge < -0.3 is 9.84 Å². The van der Waals surface area contributed by atoms with Crippen molar-refractivity contribution in [3.05, 3.63) is 94.3 Å². The monoisotopic (exact) mass is 400 g/mol. The van der Waals surface area contributed by atoms with Gasteiger partial charge in [-0.2, -0.15) is 5.10 Å². The maximum Gasteiger partial charge on any atom is 0.274 e. The zero-order chi connectivity index (χ0) is 21.1. The molecule has 0 spiro atoms. The lowest BCUT2D eigenvalue weighted by atomic mass is 10.0. The van der Waals surface area contributed by atoms with Gasteiger partial charge in [-0.15, -0.1) is 0 Å². The minimum Gasteiger partial charge on any atom is -0.491 e. The van der Waals surface area contributed by atoms with Gasteiger partial charge in [0.1, 0.15) is 18.5 Å². The van der Waals surface area contributed by atoms with Crippen molar-refractivity contribution in [3.63, 3.8) is 0 Å². The molecule has 1 heterocycles. The molecule has 0 aliphatic heterocycles. The van der Waals surface area contributed by atoms with Crippen LogP contribution in [0.4, 0.5) is 0 Å². The minimum absolute atomic E-state index is 0.0499. The van der Waals surface area contributed by atoms with Crippen LogP contribution in [0.1, 0.15) is 11.1 Å². The van der Waals surface area contributed by atoms with Crippen LogP contribution in [0.25, 0.3) is 22.0 Å². The highest BCUT2D eigenvalue weighted by Crippen LogP contribution is 2.25. The van der Waals surface area contributed by atoms with Crippen LogP contribution in [-0.4, -0.2) is 27.6 Å². The molecule has 0 radical (unpaired) electrons. The van der Waals surface area contributed by atoms with E-state index in [1.165, 1.54) is 4.68 Å². The first kappa shape index (κ1) is 19.9. The van der Waals surface area contributed by atoms with Crippen LogP contribution < -0.4 is 10.3 Å². The van der Waals surface area contributed by atoms with Crippen molar-refractivity contribution in [3.8, 4) is 17.0 Å². The second-order valence-electron chi connectivity index (χ2n) is 7.53. The van der Waals surface area contributed by atoms with Crippen molar-refractivity contribution < 1.29 is 9.84 Å². The number of aromatic nitrogens is 2. The van der Waals surface area contributed by atoms with Crippen LogP contribution in [0.3, 0.4) is 0 Å². The Morgan fingerprint density at radius 2 is 1.67 bits per heavy atom. The Kier molecular flexibility index (Phi) is 5.63. The van der Waals surface area contributed by atoms with Crippen molar-refractivity contribution >= 4 is 10.8 Å². The lowest BCUT2D eigenvalue weighted by Crippen LogP contribution is -2.32. The number of aliphatic hydroxyl groups is 1. The summed E-state index contributed by atoms with van der Waals surface area (Å²) in [4.78, 5) is 13.0. The minimum atomic E-state index is -0.872. The Bertz CT molecular complexity index is 1230. The van der Waals surface area contributed by atoms with Crippen LogP contribution in [0.2, 0.25) is 0 Å². The van der Waals surface area contributed by atoms with E-state index in [0.29, 0.717) is 11.1 Å². The predicted octanol–water partition coefficient (Wildman–Crippen LogP) is 4.12. The number of ether oxygens (including phenoxy) is 1. The highest BCUT2D eigenvalue weighted by molar-refractivity contribution is 5.93. The Balaban J connectivity index is 1.64. The number of hydrogen-bond donors (Lipinski definition) is 1. The van der Waals surface area contributed by atoms with Crippen LogP contribution >= 0.6 is 0 Å². The Morgan fingerprint density at radius 1 is 0.933 bits per heavy atom. The van der Waals surface area contributed by atoms with E-state index in [9.17, 15) is 9.90 Å². The molecule has 4 rings (SSSR count). The summed E-state index contributed by atoms with van der Waals surface area (Å²) in [5, 5.41) is 16.5. The highest BCUT2D eigenvalue weighted by Gasteiger charge is 2.15. The lowest BCUT2D eigenvalue weighted by molar-refractivity contribution is 0.0882. The molecule has 1 aromatic heterocycles. The van der Waals surface area contributed by atoms with E-state index in [1.807, 2.05) is 80.6 Å². The quantitative estimate of drug-likeness (QED) is 0.529. The number of fused-ring (bicyclic) bond motifs is 1. The lowest BCUT2D eigenvalue weighted by Gasteiger charge is -2.16. The standard InChI is InChI=1S/C25H24N2O3/c1-17-10-12-19(13-11-17)24-22-8-3-4-9-23(22)25(29)27(26-24)15-20(28)16-30-21-7-5-6-18(2)14-21/h3-14,20,28H,15-16H2,1-2H3. The van der Waals surface area contributed by atoms with E-state index in [1.54, 1.807) is 6.07 Å². The average Bonchev–Trinajstić information content (AvgIpc) is 2.75. The topological polar surface area (TPSA) is 64.3 Å². The molecule has 0 amide bonds. The van der Waals surface area contributed by atoms with E-state index in [0.717, 1.165) is 27.8 Å². The van der Waals surface area contributed by atoms with Crippen LogP contribution in [-0.2, 0) is 6.54 Å². The third-order valence-electron chi connectivity index (χ3n) is 5.01. The average molecular weight is 400 g/mol. The Morgan fingerprint density at radius 3 is 2.40 bits per heavy atom. The molecular weight excluding hydrogens is 376 g/mol. The molecule has 152 valence electrons. The molecular formula is C25H24N2O3. The van der Waals surface area contributed by atoms with Gasteiger partial charge in [0.15, 0.2) is 0 Å². The number of aryl methyl sites for hydroxylation is 2. The van der Waals surface area contributed by atoms with Gasteiger partial charge in [0.2, 0.25) is 0 Å². The van der Waals surface area contributed by atoms with Crippen LogP contribution in [0.5, 0.6) is 5.75 Å². The van der Waals surface area contributed by atoms with Crippen molar-refractivity contribution in [2.45, 2.75) is 26.5 Å². The molecule has 1 N–H and O–H groups in total. The molecule has 4 aromatic rings. The maximum absolute atomic E-state index is 13.0. The molecule has 0 saturated heterocycles. The fourth-order valence-electron chi connectivity index (χ4n) is 3.43.